The Hall–Kier alpha value is -5.30. The first-order valence-corrected chi connectivity index (χ1v) is 21.1. The maximum absolute atomic E-state index is 13.9. The highest BCUT2D eigenvalue weighted by Crippen LogP contribution is 2.58. The van der Waals surface area contributed by atoms with Gasteiger partial charge in [-0.15, -0.1) is 0 Å². The van der Waals surface area contributed by atoms with Crippen LogP contribution in [-0.4, -0.2) is 74.2 Å². The number of hydrogen-bond donors (Lipinski definition) is 2. The van der Waals surface area contributed by atoms with Crippen LogP contribution < -0.4 is 5.32 Å². The van der Waals surface area contributed by atoms with E-state index in [1.54, 1.807) is 6.92 Å². The standard InChI is InChI=1S/C48H56N6O4/c1-29(2)38(21-31(5)55)45(57)53-27-47(17-18-47)23-41(53)39-22-37(25-49-39)35-13-9-33(10-14-35)7-8-34-11-15-36(16-12-34)40-26-50-44(52-40)42-24-48(19-20-48)28-54(42)46(58)43(30(3)4)51-32(6)56/h9-16,25-26,29-30,38,41-43H,17-24,27-28H2,1-6H3,(H,50,52)(H,51,56)/t38-,41-,42+,43-/m0/s1. The molecular formula is C48H56N6O4. The first-order valence-electron chi connectivity index (χ1n) is 21.1. The molecule has 0 unspecified atom stereocenters. The highest BCUT2D eigenvalue weighted by atomic mass is 16.2. The predicted octanol–water partition coefficient (Wildman–Crippen LogP) is 7.51. The highest BCUT2D eigenvalue weighted by molar-refractivity contribution is 6.03. The molecule has 2 spiro atoms. The van der Waals surface area contributed by atoms with E-state index in [0.717, 1.165) is 90.1 Å². The molecule has 3 aromatic rings. The molecule has 2 aromatic carbocycles. The predicted molar refractivity (Wildman–Crippen MR) is 225 cm³/mol. The summed E-state index contributed by atoms with van der Waals surface area (Å²) in [6, 6.07) is 15.7. The number of ketones is 1. The van der Waals surface area contributed by atoms with Crippen LogP contribution in [0.3, 0.4) is 0 Å². The smallest absolute Gasteiger partial charge is 0.246 e. The van der Waals surface area contributed by atoms with Gasteiger partial charge in [0.25, 0.3) is 0 Å². The molecular weight excluding hydrogens is 725 g/mol. The van der Waals surface area contributed by atoms with E-state index in [4.69, 9.17) is 9.98 Å². The SMILES string of the molecule is CC(=O)C[C@H](C(=O)N1CC2(CC2)C[C@H]1C1=NC=C(c2ccc(C#Cc3ccc(-c4cnc([C@H]5CC6(CC6)CN5C(=O)[C@@H](NC(C)=O)C(C)C)[nH]4)cc3)cc2)C1)C(C)C. The molecule has 2 N–H and O–H groups in total. The Kier molecular flexibility index (Phi) is 10.5. The second-order valence-electron chi connectivity index (χ2n) is 18.6. The topological polar surface area (TPSA) is 128 Å². The molecule has 10 nitrogen and oxygen atoms in total. The van der Waals surface area contributed by atoms with E-state index in [-0.39, 0.29) is 64.2 Å². The zero-order valence-electron chi connectivity index (χ0n) is 34.7. The van der Waals surface area contributed by atoms with Gasteiger partial charge in [-0.2, -0.15) is 0 Å². The maximum Gasteiger partial charge on any atom is 0.246 e. The number of allylic oxidation sites excluding steroid dienone is 1. The summed E-state index contributed by atoms with van der Waals surface area (Å²) in [5, 5.41) is 2.88. The molecule has 3 aliphatic heterocycles. The Morgan fingerprint density at radius 2 is 1.36 bits per heavy atom. The number of amides is 3. The van der Waals surface area contributed by atoms with Crippen LogP contribution >= 0.6 is 0 Å². The number of carbonyl (C=O) groups is 4. The van der Waals surface area contributed by atoms with E-state index in [2.05, 4.69) is 39.2 Å². The molecule has 4 fully saturated rings. The number of H-pyrrole nitrogens is 1. The van der Waals surface area contributed by atoms with Gasteiger partial charge in [-0.25, -0.2) is 4.98 Å². The van der Waals surface area contributed by atoms with Crippen molar-refractivity contribution in [1.82, 2.24) is 25.1 Å². The molecule has 5 aliphatic rings. The average Bonchev–Trinajstić information content (AvgIpc) is 3.77. The summed E-state index contributed by atoms with van der Waals surface area (Å²) in [5.74, 6) is 7.12. The fourth-order valence-electron chi connectivity index (χ4n) is 9.36. The normalized spacial score (nSPS) is 22.1. The van der Waals surface area contributed by atoms with Crippen LogP contribution in [0.15, 0.2) is 65.9 Å². The molecule has 0 bridgehead atoms. The molecule has 2 aliphatic carbocycles. The Morgan fingerprint density at radius 1 is 0.793 bits per heavy atom. The average molecular weight is 781 g/mol. The van der Waals surface area contributed by atoms with Crippen LogP contribution in [0.2, 0.25) is 0 Å². The number of nitrogens with one attached hydrogen (secondary N) is 2. The van der Waals surface area contributed by atoms with E-state index < -0.39 is 6.04 Å². The zero-order valence-corrected chi connectivity index (χ0v) is 34.7. The second kappa shape index (κ2) is 15.5. The summed E-state index contributed by atoms with van der Waals surface area (Å²) in [5.41, 5.74) is 7.38. The molecule has 2 saturated heterocycles. The molecule has 0 radical (unpaired) electrons. The molecule has 2 saturated carbocycles. The van der Waals surface area contributed by atoms with Gasteiger partial charge in [0.1, 0.15) is 17.6 Å². The van der Waals surface area contributed by atoms with E-state index in [1.807, 2.05) is 81.4 Å². The molecule has 4 atom stereocenters. The van der Waals surface area contributed by atoms with Crippen molar-refractivity contribution >= 4 is 34.8 Å². The second-order valence-corrected chi connectivity index (χ2v) is 18.6. The molecule has 10 heteroatoms. The van der Waals surface area contributed by atoms with Gasteiger partial charge in [-0.1, -0.05) is 63.8 Å². The third kappa shape index (κ3) is 8.18. The molecule has 58 heavy (non-hydrogen) atoms. The first-order chi connectivity index (χ1) is 27.7. The number of aromatic nitrogens is 2. The number of hydrogen-bond acceptors (Lipinski definition) is 6. The summed E-state index contributed by atoms with van der Waals surface area (Å²) >= 11 is 0. The van der Waals surface area contributed by atoms with Crippen molar-refractivity contribution in [3.63, 3.8) is 0 Å². The number of aliphatic imine (C=N–C) groups is 1. The van der Waals surface area contributed by atoms with Crippen molar-refractivity contribution in [2.24, 2.45) is 33.6 Å². The summed E-state index contributed by atoms with van der Waals surface area (Å²) in [6.07, 6.45) is 11.2. The number of rotatable bonds is 11. The molecule has 8 rings (SSSR count). The van der Waals surface area contributed by atoms with Gasteiger partial charge in [0.15, 0.2) is 0 Å². The lowest BCUT2D eigenvalue weighted by Crippen LogP contribution is -2.50. The molecule has 1 aromatic heterocycles. The number of benzene rings is 2. The number of imidazole rings is 1. The fraction of sp³-hybridized carbons (Fsp3) is 0.500. The van der Waals surface area contributed by atoms with Gasteiger partial charge in [0.05, 0.1) is 24.0 Å². The van der Waals surface area contributed by atoms with Crippen LogP contribution in [0.5, 0.6) is 0 Å². The number of Topliss-reactive ketones (excluding diaryl/α,β-unsaturated/α-hetero) is 1. The zero-order chi connectivity index (χ0) is 40.9. The number of aromatic amines is 1. The van der Waals surface area contributed by atoms with Crippen molar-refractivity contribution in [1.29, 1.82) is 0 Å². The van der Waals surface area contributed by atoms with Crippen LogP contribution in [0.25, 0.3) is 16.8 Å². The monoisotopic (exact) mass is 780 g/mol. The van der Waals surface area contributed by atoms with Gasteiger partial charge >= 0.3 is 0 Å². The van der Waals surface area contributed by atoms with Crippen LogP contribution in [0, 0.1) is 40.4 Å². The third-order valence-corrected chi connectivity index (χ3v) is 13.3. The lowest BCUT2D eigenvalue weighted by atomic mass is 9.89. The van der Waals surface area contributed by atoms with E-state index in [9.17, 15) is 19.2 Å². The Balaban J connectivity index is 0.892. The van der Waals surface area contributed by atoms with Crippen LogP contribution in [0.4, 0.5) is 0 Å². The minimum Gasteiger partial charge on any atom is -0.344 e. The van der Waals surface area contributed by atoms with Gasteiger partial charge in [-0.3, -0.25) is 19.4 Å². The summed E-state index contributed by atoms with van der Waals surface area (Å²) in [6.45, 7) is 12.5. The van der Waals surface area contributed by atoms with E-state index in [0.29, 0.717) is 19.4 Å². The Labute approximate surface area is 342 Å². The number of carbonyl (C=O) groups excluding carboxylic acids is 4. The van der Waals surface area contributed by atoms with Crippen molar-refractivity contribution < 1.29 is 19.2 Å². The minimum atomic E-state index is -0.561. The van der Waals surface area contributed by atoms with Crippen molar-refractivity contribution in [2.45, 2.75) is 111 Å². The van der Waals surface area contributed by atoms with Crippen molar-refractivity contribution in [2.75, 3.05) is 13.1 Å². The minimum absolute atomic E-state index is 0.00759. The van der Waals surface area contributed by atoms with Gasteiger partial charge in [0.2, 0.25) is 17.7 Å². The van der Waals surface area contributed by atoms with Crippen molar-refractivity contribution in [3.8, 4) is 23.1 Å². The quantitative estimate of drug-likeness (QED) is 0.195. The summed E-state index contributed by atoms with van der Waals surface area (Å²) < 4.78 is 0. The van der Waals surface area contributed by atoms with Crippen LogP contribution in [-0.2, 0) is 19.2 Å². The van der Waals surface area contributed by atoms with Gasteiger partial charge in [0, 0.05) is 61.8 Å². The summed E-state index contributed by atoms with van der Waals surface area (Å²) in [7, 11) is 0. The first kappa shape index (κ1) is 39.5. The highest BCUT2D eigenvalue weighted by Gasteiger charge is 2.56. The molecule has 3 amide bonds. The Bertz CT molecular complexity index is 2230. The molecule has 302 valence electrons. The number of likely N-dealkylation sites (tertiary alicyclic amines) is 2. The van der Waals surface area contributed by atoms with Gasteiger partial charge < -0.3 is 24.9 Å². The molecule has 4 heterocycles. The van der Waals surface area contributed by atoms with Gasteiger partial charge in [-0.05, 0) is 109 Å². The summed E-state index contributed by atoms with van der Waals surface area (Å²) in [4.78, 5) is 68.7. The lowest BCUT2D eigenvalue weighted by molar-refractivity contribution is -0.139. The lowest BCUT2D eigenvalue weighted by Gasteiger charge is -2.30. The van der Waals surface area contributed by atoms with E-state index >= 15 is 0 Å². The largest absolute Gasteiger partial charge is 0.344 e. The van der Waals surface area contributed by atoms with Crippen molar-refractivity contribution in [3.05, 3.63) is 83.4 Å². The third-order valence-electron chi connectivity index (χ3n) is 13.3. The van der Waals surface area contributed by atoms with Crippen LogP contribution in [0.1, 0.15) is 121 Å². The Morgan fingerprint density at radius 3 is 1.90 bits per heavy atom. The number of nitrogens with zero attached hydrogens (tertiary/aromatic N) is 4. The van der Waals surface area contributed by atoms with E-state index in [1.165, 1.54) is 6.92 Å². The maximum atomic E-state index is 13.9. The fourth-order valence-corrected chi connectivity index (χ4v) is 9.36.